The molecule has 2 fully saturated rings. The number of carbonyl (C=O) groups is 4. The minimum Gasteiger partial charge on any atom is -0.490 e. The first-order valence-corrected chi connectivity index (χ1v) is 25.0. The number of carbonyl (C=O) groups excluding carboxylic acids is 2. The van der Waals surface area contributed by atoms with Gasteiger partial charge in [0.15, 0.2) is 0 Å². The minimum atomic E-state index is -1.22. The van der Waals surface area contributed by atoms with Crippen LogP contribution in [0.15, 0.2) is 103 Å². The first kappa shape index (κ1) is 45.8. The Morgan fingerprint density at radius 2 is 1.00 bits per heavy atom. The van der Waals surface area contributed by atoms with Gasteiger partial charge in [-0.1, -0.05) is 54.6 Å². The third kappa shape index (κ3) is 15.1. The zero-order chi connectivity index (χ0) is 41.2. The second kappa shape index (κ2) is 24.1. The molecule has 2 saturated heterocycles. The van der Waals surface area contributed by atoms with Gasteiger partial charge in [-0.25, -0.2) is 19.2 Å². The molecular formula is C42H46O10S6. The molecule has 16 heteroatoms. The summed E-state index contributed by atoms with van der Waals surface area (Å²) in [5, 5.41) is 17.9. The number of esters is 2. The molecule has 2 aliphatic heterocycles. The fourth-order valence-corrected chi connectivity index (χ4v) is 14.7. The van der Waals surface area contributed by atoms with E-state index in [0.29, 0.717) is 32.2 Å². The lowest BCUT2D eigenvalue weighted by molar-refractivity contribution is -0.144. The topological polar surface area (TPSA) is 146 Å². The lowest BCUT2D eigenvalue weighted by Gasteiger charge is -2.32. The van der Waals surface area contributed by atoms with E-state index >= 15 is 0 Å². The smallest absolute Gasteiger partial charge is 0.331 e. The molecule has 2 unspecified atom stereocenters. The van der Waals surface area contributed by atoms with Crippen LogP contribution in [-0.2, 0) is 34.1 Å². The molecule has 2 N–H and O–H groups in total. The van der Waals surface area contributed by atoms with E-state index in [0.717, 1.165) is 75.5 Å². The van der Waals surface area contributed by atoms with Crippen LogP contribution in [0.1, 0.15) is 23.6 Å². The number of aliphatic carboxylic acids is 2. The quantitative estimate of drug-likeness (QED) is 0.0538. The molecule has 3 aromatic carbocycles. The Morgan fingerprint density at radius 3 is 1.38 bits per heavy atom. The van der Waals surface area contributed by atoms with E-state index in [1.54, 1.807) is 23.5 Å². The number of hydrogen-bond acceptors (Lipinski definition) is 14. The van der Waals surface area contributed by atoms with Gasteiger partial charge in [-0.05, 0) is 47.9 Å². The SMILES string of the molecule is CC(c1ccccc1)(c1ccc(OCC(CSCC2SCCS2)OC(=O)/C=C/C(=O)O)cc1)c1ccc(OCC(CSCC2SCCS2)OC(=O)/C=C/C(=O)O)cc1. The Morgan fingerprint density at radius 1 is 0.621 bits per heavy atom. The molecule has 0 aromatic heterocycles. The van der Waals surface area contributed by atoms with Crippen LogP contribution >= 0.6 is 70.6 Å². The van der Waals surface area contributed by atoms with Gasteiger partial charge in [0, 0.05) is 75.7 Å². The highest BCUT2D eigenvalue weighted by Gasteiger charge is 2.31. The molecule has 5 rings (SSSR count). The van der Waals surface area contributed by atoms with E-state index in [9.17, 15) is 19.2 Å². The Balaban J connectivity index is 1.25. The standard InChI is InChI=1S/C42H46O10S6/c1-42(29-5-3-2-4-6-29,30-7-11-32(12-8-30)49-23-34(51-38(47)17-15-36(43)44)25-53-27-40-55-19-20-56-40)31-9-13-33(14-10-31)50-24-35(52-39(48)18-16-37(45)46)26-54-28-41-57-21-22-58-41/h2-18,34-35,40-41H,19-28H2,1H3,(H,43,44)(H,45,46)/b17-15+,18-16+. The lowest BCUT2D eigenvalue weighted by atomic mass is 9.71. The van der Waals surface area contributed by atoms with Crippen molar-refractivity contribution in [3.8, 4) is 11.5 Å². The fraction of sp³-hybridized carbons (Fsp3) is 0.381. The first-order valence-electron chi connectivity index (χ1n) is 18.5. The maximum atomic E-state index is 12.4. The van der Waals surface area contributed by atoms with Crippen molar-refractivity contribution in [1.82, 2.24) is 0 Å². The number of carboxylic acid groups (broad SMARTS) is 2. The second-order valence-corrected chi connectivity index (χ2v) is 21.0. The van der Waals surface area contributed by atoms with Crippen molar-refractivity contribution in [3.63, 3.8) is 0 Å². The molecular weight excluding hydrogens is 857 g/mol. The second-order valence-electron chi connectivity index (χ2n) is 13.0. The van der Waals surface area contributed by atoms with Gasteiger partial charge in [0.25, 0.3) is 0 Å². The van der Waals surface area contributed by atoms with Gasteiger partial charge in [0.1, 0.15) is 36.9 Å². The summed E-state index contributed by atoms with van der Waals surface area (Å²) in [5.41, 5.74) is 2.54. The average molecular weight is 903 g/mol. The van der Waals surface area contributed by atoms with E-state index in [1.807, 2.05) is 114 Å². The minimum absolute atomic E-state index is 0.109. The van der Waals surface area contributed by atoms with Gasteiger partial charge in [-0.3, -0.25) is 0 Å². The molecule has 2 atom stereocenters. The molecule has 0 bridgehead atoms. The summed E-state index contributed by atoms with van der Waals surface area (Å²) >= 11 is 11.1. The van der Waals surface area contributed by atoms with Crippen molar-refractivity contribution in [2.45, 2.75) is 33.7 Å². The maximum Gasteiger partial charge on any atom is 0.331 e. The summed E-state index contributed by atoms with van der Waals surface area (Å²) in [6.07, 6.45) is 2.20. The van der Waals surface area contributed by atoms with Gasteiger partial charge in [0.05, 0.1) is 9.16 Å². The third-order valence-corrected chi connectivity index (χ3v) is 18.1. The van der Waals surface area contributed by atoms with Gasteiger partial charge in [-0.2, -0.15) is 23.5 Å². The molecule has 10 nitrogen and oxygen atoms in total. The zero-order valence-electron chi connectivity index (χ0n) is 31.8. The van der Waals surface area contributed by atoms with Crippen LogP contribution in [-0.4, -0.2) is 115 Å². The summed E-state index contributed by atoms with van der Waals surface area (Å²) < 4.78 is 24.4. The zero-order valence-corrected chi connectivity index (χ0v) is 36.7. The Bertz CT molecular complexity index is 1720. The molecule has 2 aliphatic rings. The van der Waals surface area contributed by atoms with Crippen molar-refractivity contribution >= 4 is 94.4 Å². The number of ether oxygens (including phenoxy) is 4. The molecule has 0 aliphatic carbocycles. The first-order chi connectivity index (χ1) is 28.1. The number of hydrogen-bond donors (Lipinski definition) is 2. The van der Waals surface area contributed by atoms with E-state index in [4.69, 9.17) is 29.2 Å². The van der Waals surface area contributed by atoms with Crippen LogP contribution in [0, 0.1) is 0 Å². The lowest BCUT2D eigenvalue weighted by Crippen LogP contribution is -2.28. The van der Waals surface area contributed by atoms with Gasteiger partial charge in [-0.15, -0.1) is 47.0 Å². The third-order valence-electron chi connectivity index (χ3n) is 8.87. The molecule has 0 saturated carbocycles. The van der Waals surface area contributed by atoms with Crippen LogP contribution in [0.25, 0.3) is 0 Å². The highest BCUT2D eigenvalue weighted by Crippen LogP contribution is 2.40. The van der Waals surface area contributed by atoms with E-state index in [-0.39, 0.29) is 13.2 Å². The van der Waals surface area contributed by atoms with Crippen molar-refractivity contribution in [2.75, 3.05) is 59.2 Å². The molecule has 310 valence electrons. The molecule has 58 heavy (non-hydrogen) atoms. The van der Waals surface area contributed by atoms with E-state index in [1.165, 1.54) is 0 Å². The summed E-state index contributed by atoms with van der Waals surface area (Å²) in [6.45, 7) is 2.38. The van der Waals surface area contributed by atoms with Crippen LogP contribution < -0.4 is 9.47 Å². The Hall–Kier alpha value is -3.28. The average Bonchev–Trinajstić information content (AvgIpc) is 3.96. The predicted octanol–water partition coefficient (Wildman–Crippen LogP) is 7.98. The van der Waals surface area contributed by atoms with Crippen LogP contribution in [0.5, 0.6) is 11.5 Å². The Kier molecular flexibility index (Phi) is 19.0. The molecule has 0 spiro atoms. The van der Waals surface area contributed by atoms with Gasteiger partial charge >= 0.3 is 23.9 Å². The number of benzene rings is 3. The molecule has 0 radical (unpaired) electrons. The maximum absolute atomic E-state index is 12.4. The molecule has 2 heterocycles. The van der Waals surface area contributed by atoms with Gasteiger partial charge < -0.3 is 29.2 Å². The van der Waals surface area contributed by atoms with Crippen molar-refractivity contribution in [1.29, 1.82) is 0 Å². The highest BCUT2D eigenvalue weighted by molar-refractivity contribution is 8.21. The fourth-order valence-electron chi connectivity index (χ4n) is 5.94. The summed E-state index contributed by atoms with van der Waals surface area (Å²) in [7, 11) is 0. The Labute approximate surface area is 364 Å². The predicted molar refractivity (Wildman–Crippen MR) is 241 cm³/mol. The van der Waals surface area contributed by atoms with Crippen molar-refractivity contribution in [2.24, 2.45) is 0 Å². The monoisotopic (exact) mass is 902 g/mol. The van der Waals surface area contributed by atoms with E-state index < -0.39 is 41.5 Å². The number of thioether (sulfide) groups is 6. The molecule has 3 aromatic rings. The van der Waals surface area contributed by atoms with Gasteiger partial charge in [0.2, 0.25) is 0 Å². The number of carboxylic acids is 2. The summed E-state index contributed by atoms with van der Waals surface area (Å²) in [4.78, 5) is 46.6. The summed E-state index contributed by atoms with van der Waals surface area (Å²) in [5.74, 6) is 4.68. The van der Waals surface area contributed by atoms with E-state index in [2.05, 4.69) is 19.1 Å². The van der Waals surface area contributed by atoms with Crippen molar-refractivity contribution in [3.05, 3.63) is 120 Å². The highest BCUT2D eigenvalue weighted by atomic mass is 32.2. The number of rotatable bonds is 23. The van der Waals surface area contributed by atoms with Crippen molar-refractivity contribution < 1.29 is 48.3 Å². The van der Waals surface area contributed by atoms with Crippen LogP contribution in [0.3, 0.4) is 0 Å². The molecule has 0 amide bonds. The largest absolute Gasteiger partial charge is 0.490 e. The normalized spacial score (nSPS) is 16.8. The van der Waals surface area contributed by atoms with Crippen LogP contribution in [0.4, 0.5) is 0 Å². The summed E-state index contributed by atoms with van der Waals surface area (Å²) in [6, 6.07) is 25.8. The van der Waals surface area contributed by atoms with Crippen LogP contribution in [0.2, 0.25) is 0 Å².